The number of pyridine rings is 1. The third-order valence-corrected chi connectivity index (χ3v) is 3.92. The number of carbonyl (C=O) groups excluding carboxylic acids is 1. The van der Waals surface area contributed by atoms with E-state index < -0.39 is 11.6 Å². The number of nitrogens with one attached hydrogen (secondary N) is 1. The van der Waals surface area contributed by atoms with Gasteiger partial charge in [-0.1, -0.05) is 0 Å². The highest BCUT2D eigenvalue weighted by Crippen LogP contribution is 2.19. The Morgan fingerprint density at radius 3 is 2.67 bits per heavy atom. The van der Waals surface area contributed by atoms with E-state index in [-0.39, 0.29) is 24.0 Å². The second-order valence-corrected chi connectivity index (χ2v) is 5.82. The Morgan fingerprint density at radius 2 is 1.96 bits per heavy atom. The molecule has 0 radical (unpaired) electrons. The summed E-state index contributed by atoms with van der Waals surface area (Å²) < 4.78 is 31.8. The molecule has 0 atom stereocenters. The number of ether oxygens (including phenoxy) is 1. The van der Waals surface area contributed by atoms with E-state index in [4.69, 9.17) is 4.74 Å². The Balaban J connectivity index is 1.64. The minimum absolute atomic E-state index is 0.0285. The highest BCUT2D eigenvalue weighted by molar-refractivity contribution is 5.92. The van der Waals surface area contributed by atoms with Crippen LogP contribution in [0.1, 0.15) is 28.7 Å². The number of hydrogen-bond acceptors (Lipinski definition) is 4. The number of benzene rings is 1. The fourth-order valence-corrected chi connectivity index (χ4v) is 2.49. The molecule has 3 rings (SSSR count). The van der Waals surface area contributed by atoms with Crippen molar-refractivity contribution >= 4 is 5.91 Å². The van der Waals surface area contributed by atoms with Crippen LogP contribution in [0.5, 0.6) is 5.75 Å². The van der Waals surface area contributed by atoms with Crippen molar-refractivity contribution in [1.29, 1.82) is 0 Å². The lowest BCUT2D eigenvalue weighted by molar-refractivity contribution is 0.0746. The van der Waals surface area contributed by atoms with Crippen LogP contribution in [0.15, 0.2) is 48.8 Å². The maximum atomic E-state index is 13.6. The van der Waals surface area contributed by atoms with Crippen LogP contribution >= 0.6 is 0 Å². The van der Waals surface area contributed by atoms with Gasteiger partial charge in [0.1, 0.15) is 12.4 Å². The normalized spacial score (nSPS) is 10.6. The van der Waals surface area contributed by atoms with Crippen molar-refractivity contribution in [3.63, 3.8) is 0 Å². The van der Waals surface area contributed by atoms with Crippen LogP contribution < -0.4 is 4.74 Å². The number of amides is 1. The third-order valence-electron chi connectivity index (χ3n) is 3.92. The number of nitrogens with zero attached hydrogens (tertiary/aromatic N) is 3. The van der Waals surface area contributed by atoms with Gasteiger partial charge in [0.05, 0.1) is 5.69 Å². The monoisotopic (exact) mass is 372 g/mol. The van der Waals surface area contributed by atoms with Crippen LogP contribution in [0.25, 0.3) is 0 Å². The van der Waals surface area contributed by atoms with Crippen molar-refractivity contribution in [1.82, 2.24) is 20.1 Å². The summed E-state index contributed by atoms with van der Waals surface area (Å²) >= 11 is 0. The number of aromatic nitrogens is 3. The smallest absolute Gasteiger partial charge is 0.274 e. The zero-order chi connectivity index (χ0) is 19.2. The average Bonchev–Trinajstić information content (AvgIpc) is 3.15. The van der Waals surface area contributed by atoms with E-state index in [0.717, 1.165) is 17.7 Å². The van der Waals surface area contributed by atoms with Gasteiger partial charge in [0.15, 0.2) is 17.3 Å². The van der Waals surface area contributed by atoms with E-state index in [0.29, 0.717) is 18.8 Å². The van der Waals surface area contributed by atoms with Gasteiger partial charge in [0, 0.05) is 31.5 Å². The molecule has 0 bridgehead atoms. The lowest BCUT2D eigenvalue weighted by Crippen LogP contribution is -2.30. The van der Waals surface area contributed by atoms with Gasteiger partial charge in [0.25, 0.3) is 5.91 Å². The van der Waals surface area contributed by atoms with Crippen LogP contribution in [0, 0.1) is 11.6 Å². The van der Waals surface area contributed by atoms with Gasteiger partial charge < -0.3 is 9.64 Å². The molecule has 0 fully saturated rings. The first-order chi connectivity index (χ1) is 13.1. The lowest BCUT2D eigenvalue weighted by atomic mass is 10.2. The van der Waals surface area contributed by atoms with E-state index in [9.17, 15) is 13.6 Å². The first-order valence-electron chi connectivity index (χ1n) is 8.37. The summed E-state index contributed by atoms with van der Waals surface area (Å²) in [5, 5.41) is 6.71. The minimum Gasteiger partial charge on any atom is -0.484 e. The summed E-state index contributed by atoms with van der Waals surface area (Å²) in [6.45, 7) is 2.81. The quantitative estimate of drug-likeness (QED) is 0.691. The molecule has 1 amide bonds. The van der Waals surface area contributed by atoms with Crippen molar-refractivity contribution in [3.8, 4) is 5.75 Å². The number of carbonyl (C=O) groups is 1. The van der Waals surface area contributed by atoms with E-state index in [2.05, 4.69) is 15.2 Å². The van der Waals surface area contributed by atoms with Gasteiger partial charge in [-0.05, 0) is 42.8 Å². The molecule has 8 heteroatoms. The highest BCUT2D eigenvalue weighted by atomic mass is 19.1. The molecule has 2 aromatic heterocycles. The van der Waals surface area contributed by atoms with Gasteiger partial charge in [-0.2, -0.15) is 5.10 Å². The first-order valence-corrected chi connectivity index (χ1v) is 8.37. The number of rotatable bonds is 7. The molecular formula is C19H18F2N4O2. The minimum atomic E-state index is -0.791. The number of hydrogen-bond donors (Lipinski definition) is 1. The Bertz CT molecular complexity index is 915. The molecule has 0 aliphatic carbocycles. The van der Waals surface area contributed by atoms with Crippen molar-refractivity contribution in [3.05, 3.63) is 77.4 Å². The number of halogens is 2. The lowest BCUT2D eigenvalue weighted by Gasteiger charge is -2.19. The SMILES string of the molecule is CCN(Cc1ccncc1)C(=O)c1cc(COc2ccc(F)cc2F)[nH]n1. The summed E-state index contributed by atoms with van der Waals surface area (Å²) in [5.74, 6) is -1.78. The predicted octanol–water partition coefficient (Wildman–Crippen LogP) is 3.32. The van der Waals surface area contributed by atoms with Gasteiger partial charge in [-0.25, -0.2) is 8.78 Å². The molecule has 2 heterocycles. The number of aromatic amines is 1. The standard InChI is InChI=1S/C19H18F2N4O2/c1-2-25(11-13-5-7-22-8-6-13)19(26)17-10-15(23-24-17)12-27-18-4-3-14(20)9-16(18)21/h3-10H,2,11-12H2,1H3,(H,23,24). The molecule has 6 nitrogen and oxygen atoms in total. The maximum absolute atomic E-state index is 13.6. The van der Waals surface area contributed by atoms with Crippen LogP contribution in [-0.2, 0) is 13.2 Å². The third kappa shape index (κ3) is 4.66. The van der Waals surface area contributed by atoms with Gasteiger partial charge in [-0.3, -0.25) is 14.9 Å². The molecular weight excluding hydrogens is 354 g/mol. The first kappa shape index (κ1) is 18.5. The summed E-state index contributed by atoms with van der Waals surface area (Å²) in [6.07, 6.45) is 3.35. The van der Waals surface area contributed by atoms with Crippen LogP contribution in [0.4, 0.5) is 8.78 Å². The molecule has 140 valence electrons. The van der Waals surface area contributed by atoms with Gasteiger partial charge in [-0.15, -0.1) is 0 Å². The molecule has 1 N–H and O–H groups in total. The van der Waals surface area contributed by atoms with Gasteiger partial charge >= 0.3 is 0 Å². The Morgan fingerprint density at radius 1 is 1.19 bits per heavy atom. The van der Waals surface area contributed by atoms with Crippen LogP contribution in [0.3, 0.4) is 0 Å². The fourth-order valence-electron chi connectivity index (χ4n) is 2.49. The molecule has 1 aromatic carbocycles. The van der Waals surface area contributed by atoms with E-state index in [1.54, 1.807) is 23.4 Å². The topological polar surface area (TPSA) is 71.1 Å². The summed E-state index contributed by atoms with van der Waals surface area (Å²) in [5.41, 5.74) is 1.71. The molecule has 3 aromatic rings. The Hall–Kier alpha value is -3.29. The van der Waals surface area contributed by atoms with Crippen molar-refractivity contribution in [2.75, 3.05) is 6.54 Å². The largest absolute Gasteiger partial charge is 0.484 e. The molecule has 27 heavy (non-hydrogen) atoms. The molecule has 0 aliphatic rings. The van der Waals surface area contributed by atoms with Crippen LogP contribution in [-0.4, -0.2) is 32.5 Å². The van der Waals surface area contributed by atoms with E-state index in [1.807, 2.05) is 19.1 Å². The zero-order valence-electron chi connectivity index (χ0n) is 14.7. The molecule has 0 aliphatic heterocycles. The van der Waals surface area contributed by atoms with E-state index in [1.165, 1.54) is 6.07 Å². The van der Waals surface area contributed by atoms with E-state index >= 15 is 0 Å². The predicted molar refractivity (Wildman–Crippen MR) is 93.9 cm³/mol. The van der Waals surface area contributed by atoms with Crippen molar-refractivity contribution in [2.24, 2.45) is 0 Å². The zero-order valence-corrected chi connectivity index (χ0v) is 14.7. The highest BCUT2D eigenvalue weighted by Gasteiger charge is 2.18. The average molecular weight is 372 g/mol. The van der Waals surface area contributed by atoms with Gasteiger partial charge in [0.2, 0.25) is 0 Å². The van der Waals surface area contributed by atoms with Crippen molar-refractivity contribution in [2.45, 2.75) is 20.1 Å². The second kappa shape index (κ2) is 8.39. The molecule has 0 unspecified atom stereocenters. The fraction of sp³-hybridized carbons (Fsp3) is 0.211. The van der Waals surface area contributed by atoms with Crippen molar-refractivity contribution < 1.29 is 18.3 Å². The molecule has 0 saturated carbocycles. The molecule has 0 saturated heterocycles. The summed E-state index contributed by atoms with van der Waals surface area (Å²) in [6, 6.07) is 8.31. The Kier molecular flexibility index (Phi) is 5.75. The number of H-pyrrole nitrogens is 1. The van der Waals surface area contributed by atoms with Crippen LogP contribution in [0.2, 0.25) is 0 Å². The second-order valence-electron chi connectivity index (χ2n) is 5.82. The summed E-state index contributed by atoms with van der Waals surface area (Å²) in [4.78, 5) is 18.3. The maximum Gasteiger partial charge on any atom is 0.274 e. The molecule has 0 spiro atoms. The Labute approximate surface area is 154 Å². The summed E-state index contributed by atoms with van der Waals surface area (Å²) in [7, 11) is 0.